The average molecular weight is 368 g/mol. The van der Waals surface area contributed by atoms with Crippen molar-refractivity contribution in [3.63, 3.8) is 0 Å². The van der Waals surface area contributed by atoms with Crippen molar-refractivity contribution in [3.8, 4) is 5.75 Å². The molecule has 0 aliphatic carbocycles. The van der Waals surface area contributed by atoms with Gasteiger partial charge in [0, 0.05) is 42.9 Å². The molecule has 3 aromatic rings. The van der Waals surface area contributed by atoms with E-state index in [0.717, 1.165) is 10.9 Å². The number of rotatable bonds is 4. The number of aryl methyl sites for hydroxylation is 1. The molecule has 0 saturated carbocycles. The normalized spacial score (nSPS) is 17.9. The molecule has 0 radical (unpaired) electrons. The van der Waals surface area contributed by atoms with Crippen LogP contribution in [0.4, 0.5) is 0 Å². The van der Waals surface area contributed by atoms with Gasteiger partial charge < -0.3 is 18.5 Å². The smallest absolute Gasteiger partial charge is 0.336 e. The zero-order valence-electron chi connectivity index (χ0n) is 15.2. The predicted octanol–water partition coefficient (Wildman–Crippen LogP) is 2.71. The highest BCUT2D eigenvalue weighted by Gasteiger charge is 2.40. The summed E-state index contributed by atoms with van der Waals surface area (Å²) >= 11 is 0. The molecule has 0 amide bonds. The van der Waals surface area contributed by atoms with Crippen LogP contribution in [0.2, 0.25) is 0 Å². The first-order valence-electron chi connectivity index (χ1n) is 8.82. The number of hydrogen-bond donors (Lipinski definition) is 0. The second-order valence-corrected chi connectivity index (χ2v) is 7.19. The maximum Gasteiger partial charge on any atom is 0.336 e. The quantitative estimate of drug-likeness (QED) is 0.520. The minimum absolute atomic E-state index is 0.263. The molecular weight excluding hydrogens is 348 g/mol. The van der Waals surface area contributed by atoms with Gasteiger partial charge in [-0.05, 0) is 31.5 Å². The van der Waals surface area contributed by atoms with E-state index >= 15 is 0 Å². The fraction of sp³-hybridized carbons (Fsp3) is 0.350. The van der Waals surface area contributed by atoms with Crippen LogP contribution in [0.3, 0.4) is 0 Å². The number of aromatic nitrogens is 2. The van der Waals surface area contributed by atoms with E-state index in [1.165, 1.54) is 6.07 Å². The first-order chi connectivity index (χ1) is 12.9. The zero-order chi connectivity index (χ0) is 19.0. The molecule has 1 aliphatic rings. The van der Waals surface area contributed by atoms with Crippen LogP contribution in [-0.2, 0) is 22.5 Å². The number of fused-ring (bicyclic) bond motifs is 2. The van der Waals surface area contributed by atoms with Gasteiger partial charge in [-0.25, -0.2) is 9.78 Å². The van der Waals surface area contributed by atoms with Gasteiger partial charge in [0.15, 0.2) is 0 Å². The highest BCUT2D eigenvalue weighted by Crippen LogP contribution is 2.37. The fourth-order valence-electron chi connectivity index (χ4n) is 3.23. The van der Waals surface area contributed by atoms with Crippen LogP contribution in [-0.4, -0.2) is 27.2 Å². The van der Waals surface area contributed by atoms with Gasteiger partial charge in [0.2, 0.25) is 0 Å². The molecule has 7 heteroatoms. The van der Waals surface area contributed by atoms with Crippen molar-refractivity contribution >= 4 is 16.9 Å². The third-order valence-electron chi connectivity index (χ3n) is 4.76. The molecule has 7 nitrogen and oxygen atoms in total. The average Bonchev–Trinajstić information content (AvgIpc) is 3.12. The Balaban J connectivity index is 1.52. The van der Waals surface area contributed by atoms with E-state index in [2.05, 4.69) is 4.98 Å². The third-order valence-corrected chi connectivity index (χ3v) is 4.76. The summed E-state index contributed by atoms with van der Waals surface area (Å²) in [6, 6.07) is 6.74. The highest BCUT2D eigenvalue weighted by molar-refractivity contribution is 5.79. The molecule has 140 valence electrons. The Kier molecular flexibility index (Phi) is 4.22. The molecule has 1 aromatic carbocycles. The number of nitrogens with zero attached hydrogens (tertiary/aromatic N) is 2. The number of carbonyl (C=O) groups is 1. The highest BCUT2D eigenvalue weighted by atomic mass is 16.6. The SMILES string of the molecule is CC1(C)Oc2cc3oc(=O)ccc3cc2C[C@@H]1OC(=O)CCn1ccnc1. The lowest BCUT2D eigenvalue weighted by Gasteiger charge is -2.39. The lowest BCUT2D eigenvalue weighted by molar-refractivity contribution is -0.161. The molecule has 0 unspecified atom stereocenters. The van der Waals surface area contributed by atoms with Crippen molar-refractivity contribution in [2.24, 2.45) is 0 Å². The Morgan fingerprint density at radius 2 is 2.22 bits per heavy atom. The summed E-state index contributed by atoms with van der Waals surface area (Å²) in [5, 5.41) is 0.807. The maximum absolute atomic E-state index is 12.3. The fourth-order valence-corrected chi connectivity index (χ4v) is 3.23. The first kappa shape index (κ1) is 17.3. The molecule has 0 fully saturated rings. The van der Waals surface area contributed by atoms with Gasteiger partial charge in [0.05, 0.1) is 12.7 Å². The van der Waals surface area contributed by atoms with Gasteiger partial charge in [-0.3, -0.25) is 4.79 Å². The van der Waals surface area contributed by atoms with Crippen molar-refractivity contribution in [1.29, 1.82) is 0 Å². The van der Waals surface area contributed by atoms with Crippen molar-refractivity contribution < 1.29 is 18.7 Å². The molecule has 0 spiro atoms. The van der Waals surface area contributed by atoms with Crippen LogP contribution in [0.15, 0.2) is 52.2 Å². The van der Waals surface area contributed by atoms with Gasteiger partial charge >= 0.3 is 11.6 Å². The van der Waals surface area contributed by atoms with Gasteiger partial charge in [-0.2, -0.15) is 0 Å². The summed E-state index contributed by atoms with van der Waals surface area (Å²) in [5.41, 5.74) is 0.304. The van der Waals surface area contributed by atoms with E-state index < -0.39 is 17.3 Å². The van der Waals surface area contributed by atoms with E-state index in [1.54, 1.807) is 30.9 Å². The lowest BCUT2D eigenvalue weighted by Crippen LogP contribution is -2.48. The summed E-state index contributed by atoms with van der Waals surface area (Å²) < 4.78 is 18.9. The van der Waals surface area contributed by atoms with Gasteiger partial charge in [0.1, 0.15) is 23.0 Å². The second kappa shape index (κ2) is 6.57. The van der Waals surface area contributed by atoms with Gasteiger partial charge in [-0.1, -0.05) is 0 Å². The summed E-state index contributed by atoms with van der Waals surface area (Å²) in [4.78, 5) is 27.7. The minimum Gasteiger partial charge on any atom is -0.484 e. The molecule has 0 bridgehead atoms. The number of benzene rings is 1. The standard InChI is InChI=1S/C20H20N2O5/c1-20(2)17(26-19(24)5-7-22-8-6-21-12-22)10-14-9-13-3-4-18(23)25-15(13)11-16(14)27-20/h3-4,6,8-9,11-12,17H,5,7,10H2,1-2H3/t17-/m0/s1. The Hall–Kier alpha value is -3.09. The molecule has 0 saturated heterocycles. The third kappa shape index (κ3) is 3.58. The van der Waals surface area contributed by atoms with E-state index in [4.69, 9.17) is 13.9 Å². The van der Waals surface area contributed by atoms with Crippen LogP contribution < -0.4 is 10.4 Å². The number of esters is 1. The summed E-state index contributed by atoms with van der Waals surface area (Å²) in [6.45, 7) is 4.29. The monoisotopic (exact) mass is 368 g/mol. The molecule has 3 heterocycles. The Morgan fingerprint density at radius 3 is 3.00 bits per heavy atom. The Bertz CT molecular complexity index is 1040. The molecule has 2 aromatic heterocycles. The molecule has 0 N–H and O–H groups in total. The van der Waals surface area contributed by atoms with Crippen LogP contribution in [0.25, 0.3) is 11.0 Å². The van der Waals surface area contributed by atoms with Crippen LogP contribution in [0, 0.1) is 0 Å². The number of carbonyl (C=O) groups excluding carboxylic acids is 1. The van der Waals surface area contributed by atoms with Crippen LogP contribution in [0.5, 0.6) is 5.75 Å². The molecule has 4 rings (SSSR count). The number of ether oxygens (including phenoxy) is 2. The topological polar surface area (TPSA) is 83.6 Å². The minimum atomic E-state index is -0.694. The largest absolute Gasteiger partial charge is 0.484 e. The van der Waals surface area contributed by atoms with E-state index in [9.17, 15) is 9.59 Å². The van der Waals surface area contributed by atoms with Crippen molar-refractivity contribution in [3.05, 3.63) is 59.0 Å². The summed E-state index contributed by atoms with van der Waals surface area (Å²) in [7, 11) is 0. The predicted molar refractivity (Wildman–Crippen MR) is 97.6 cm³/mol. The van der Waals surface area contributed by atoms with E-state index in [-0.39, 0.29) is 12.4 Å². The van der Waals surface area contributed by atoms with Crippen LogP contribution in [0.1, 0.15) is 25.8 Å². The molecule has 27 heavy (non-hydrogen) atoms. The first-order valence-corrected chi connectivity index (χ1v) is 8.82. The lowest BCUT2D eigenvalue weighted by atomic mass is 9.90. The maximum atomic E-state index is 12.3. The second-order valence-electron chi connectivity index (χ2n) is 7.19. The van der Waals surface area contributed by atoms with Crippen LogP contribution >= 0.6 is 0 Å². The number of imidazole rings is 1. The molecular formula is C20H20N2O5. The Labute approximate surface area is 155 Å². The van der Waals surface area contributed by atoms with E-state index in [1.807, 2.05) is 24.5 Å². The summed E-state index contributed by atoms with van der Waals surface area (Å²) in [5.74, 6) is 0.369. The van der Waals surface area contributed by atoms with Crippen molar-refractivity contribution in [2.75, 3.05) is 0 Å². The van der Waals surface area contributed by atoms with Crippen molar-refractivity contribution in [1.82, 2.24) is 9.55 Å². The van der Waals surface area contributed by atoms with Gasteiger partial charge in [-0.15, -0.1) is 0 Å². The summed E-state index contributed by atoms with van der Waals surface area (Å²) in [6.07, 6.45) is 5.54. The van der Waals surface area contributed by atoms with Gasteiger partial charge in [0.25, 0.3) is 0 Å². The van der Waals surface area contributed by atoms with E-state index in [0.29, 0.717) is 24.3 Å². The molecule has 1 atom stereocenters. The number of hydrogen-bond acceptors (Lipinski definition) is 6. The Morgan fingerprint density at radius 1 is 1.37 bits per heavy atom. The zero-order valence-corrected chi connectivity index (χ0v) is 15.2. The molecule has 1 aliphatic heterocycles. The van der Waals surface area contributed by atoms with Crippen molar-refractivity contribution in [2.45, 2.75) is 44.9 Å².